The Kier molecular flexibility index (Phi) is 4.90. The minimum atomic E-state index is -0.220. The van der Waals surface area contributed by atoms with Gasteiger partial charge in [0.2, 0.25) is 5.91 Å². The molecule has 0 spiro atoms. The van der Waals surface area contributed by atoms with Crippen LogP contribution >= 0.6 is 11.3 Å². The maximum atomic E-state index is 13.4. The van der Waals surface area contributed by atoms with E-state index in [2.05, 4.69) is 6.92 Å². The molecule has 5 rings (SSSR count). The van der Waals surface area contributed by atoms with Gasteiger partial charge in [-0.3, -0.25) is 9.59 Å². The lowest BCUT2D eigenvalue weighted by Crippen LogP contribution is -2.47. The molecular formula is C23H24N4O2S. The molecule has 3 aromatic rings. The molecule has 1 unspecified atom stereocenters. The van der Waals surface area contributed by atoms with E-state index in [4.69, 9.17) is 5.10 Å². The van der Waals surface area contributed by atoms with Crippen LogP contribution in [0.4, 0.5) is 0 Å². The lowest BCUT2D eigenvalue weighted by molar-refractivity contribution is -0.135. The maximum Gasteiger partial charge on any atom is 0.291 e. The van der Waals surface area contributed by atoms with Gasteiger partial charge < -0.3 is 9.47 Å². The first kappa shape index (κ1) is 19.1. The Morgan fingerprint density at radius 1 is 1.20 bits per heavy atom. The summed E-state index contributed by atoms with van der Waals surface area (Å²) in [5, 5.41) is 8.10. The second kappa shape index (κ2) is 7.72. The first-order valence-corrected chi connectivity index (χ1v) is 11.3. The zero-order valence-electron chi connectivity index (χ0n) is 17.0. The Morgan fingerprint density at radius 3 is 2.83 bits per heavy atom. The number of carbonyl (C=O) groups excluding carboxylic acids is 2. The number of hydrogen-bond acceptors (Lipinski definition) is 4. The second-order valence-corrected chi connectivity index (χ2v) is 8.94. The van der Waals surface area contributed by atoms with Crippen molar-refractivity contribution in [3.8, 4) is 0 Å². The fourth-order valence-corrected chi connectivity index (χ4v) is 5.23. The fourth-order valence-electron chi connectivity index (χ4n) is 4.40. The number of fused-ring (bicyclic) bond motifs is 3. The van der Waals surface area contributed by atoms with Gasteiger partial charge >= 0.3 is 0 Å². The standard InChI is InChI=1S/C23H24N4O2S/c1-16-7-5-6-11-25(16)22(28)15-27-23(29)20-13-21-19(10-12-30-21)26(20)14-18(24-27)17-8-3-2-4-9-17/h2-4,8-10,12-13,16H,5-7,11,14-15H2,1H3. The third kappa shape index (κ3) is 3.33. The van der Waals surface area contributed by atoms with E-state index in [1.54, 1.807) is 11.3 Å². The van der Waals surface area contributed by atoms with E-state index < -0.39 is 0 Å². The summed E-state index contributed by atoms with van der Waals surface area (Å²) in [7, 11) is 0. The van der Waals surface area contributed by atoms with E-state index in [1.165, 1.54) is 5.01 Å². The number of amides is 2. The normalized spacial score (nSPS) is 19.6. The molecule has 1 aromatic carbocycles. The third-order valence-corrected chi connectivity index (χ3v) is 6.89. The molecule has 30 heavy (non-hydrogen) atoms. The Balaban J connectivity index is 1.53. The average molecular weight is 421 g/mol. The second-order valence-electron chi connectivity index (χ2n) is 7.99. The lowest BCUT2D eigenvalue weighted by atomic mass is 10.0. The molecule has 0 aliphatic carbocycles. The molecule has 2 aliphatic heterocycles. The number of nitrogens with zero attached hydrogens (tertiary/aromatic N) is 4. The summed E-state index contributed by atoms with van der Waals surface area (Å²) in [6.45, 7) is 3.30. The number of thiophene rings is 1. The number of piperidine rings is 1. The topological polar surface area (TPSA) is 57.9 Å². The molecule has 1 saturated heterocycles. The minimum absolute atomic E-state index is 0.0294. The molecule has 2 aliphatic rings. The van der Waals surface area contributed by atoms with Gasteiger partial charge in [-0.15, -0.1) is 11.3 Å². The van der Waals surface area contributed by atoms with Crippen LogP contribution in [0.5, 0.6) is 0 Å². The van der Waals surface area contributed by atoms with Gasteiger partial charge in [-0.05, 0) is 49.3 Å². The Hall–Kier alpha value is -2.93. The molecule has 0 bridgehead atoms. The Labute approximate surface area is 179 Å². The van der Waals surface area contributed by atoms with Gasteiger partial charge in [0.1, 0.15) is 12.2 Å². The zero-order chi connectivity index (χ0) is 20.7. The highest BCUT2D eigenvalue weighted by Crippen LogP contribution is 2.28. The summed E-state index contributed by atoms with van der Waals surface area (Å²) in [5.74, 6) is -0.254. The molecule has 1 fully saturated rings. The van der Waals surface area contributed by atoms with Crippen molar-refractivity contribution in [1.82, 2.24) is 14.5 Å². The van der Waals surface area contributed by atoms with Crippen molar-refractivity contribution in [3.05, 3.63) is 59.1 Å². The van der Waals surface area contributed by atoms with E-state index in [1.807, 2.05) is 57.3 Å². The monoisotopic (exact) mass is 420 g/mol. The quantitative estimate of drug-likeness (QED) is 0.644. The number of rotatable bonds is 3. The molecule has 154 valence electrons. The van der Waals surface area contributed by atoms with Gasteiger partial charge in [0.25, 0.3) is 5.91 Å². The van der Waals surface area contributed by atoms with E-state index in [0.717, 1.165) is 47.3 Å². The van der Waals surface area contributed by atoms with Crippen LogP contribution in [0.25, 0.3) is 10.2 Å². The van der Waals surface area contributed by atoms with Crippen LogP contribution in [0.15, 0.2) is 52.9 Å². The number of hydrazone groups is 1. The first-order valence-electron chi connectivity index (χ1n) is 10.4. The molecule has 6 nitrogen and oxygen atoms in total. The average Bonchev–Trinajstić information content (AvgIpc) is 3.32. The first-order chi connectivity index (χ1) is 14.6. The van der Waals surface area contributed by atoms with Crippen molar-refractivity contribution in [2.75, 3.05) is 13.1 Å². The van der Waals surface area contributed by atoms with Crippen molar-refractivity contribution in [2.45, 2.75) is 38.8 Å². The summed E-state index contributed by atoms with van der Waals surface area (Å²) >= 11 is 1.62. The molecular weight excluding hydrogens is 396 g/mol. The number of hydrogen-bond donors (Lipinski definition) is 0. The highest BCUT2D eigenvalue weighted by atomic mass is 32.1. The van der Waals surface area contributed by atoms with Crippen molar-refractivity contribution in [1.29, 1.82) is 0 Å². The number of likely N-dealkylation sites (tertiary alicyclic amines) is 1. The summed E-state index contributed by atoms with van der Waals surface area (Å²) < 4.78 is 3.09. The van der Waals surface area contributed by atoms with Crippen molar-refractivity contribution < 1.29 is 9.59 Å². The van der Waals surface area contributed by atoms with Crippen molar-refractivity contribution >= 4 is 39.1 Å². The van der Waals surface area contributed by atoms with Crippen LogP contribution in [0.1, 0.15) is 42.2 Å². The smallest absolute Gasteiger partial charge is 0.291 e. The summed E-state index contributed by atoms with van der Waals surface area (Å²) in [6.07, 6.45) is 3.17. The van der Waals surface area contributed by atoms with Crippen LogP contribution in [0.3, 0.4) is 0 Å². The van der Waals surface area contributed by atoms with Gasteiger partial charge in [0.15, 0.2) is 0 Å². The maximum absolute atomic E-state index is 13.4. The van der Waals surface area contributed by atoms with E-state index in [0.29, 0.717) is 12.2 Å². The minimum Gasteiger partial charge on any atom is -0.338 e. The van der Waals surface area contributed by atoms with Gasteiger partial charge in [-0.25, -0.2) is 5.01 Å². The van der Waals surface area contributed by atoms with Crippen LogP contribution in [-0.2, 0) is 11.3 Å². The molecule has 4 heterocycles. The third-order valence-electron chi connectivity index (χ3n) is 6.04. The van der Waals surface area contributed by atoms with Crippen LogP contribution in [-0.4, -0.2) is 51.1 Å². The van der Waals surface area contributed by atoms with E-state index in [9.17, 15) is 9.59 Å². The van der Waals surface area contributed by atoms with Gasteiger partial charge in [0, 0.05) is 12.6 Å². The SMILES string of the molecule is CC1CCCCN1C(=O)CN1N=C(c2ccccc2)Cn2c(cc3sccc32)C1=O. The van der Waals surface area contributed by atoms with Crippen LogP contribution in [0, 0.1) is 0 Å². The van der Waals surface area contributed by atoms with Gasteiger partial charge in [-0.1, -0.05) is 30.3 Å². The summed E-state index contributed by atoms with van der Waals surface area (Å²) in [4.78, 5) is 28.4. The predicted molar refractivity (Wildman–Crippen MR) is 119 cm³/mol. The molecule has 7 heteroatoms. The highest BCUT2D eigenvalue weighted by molar-refractivity contribution is 7.17. The van der Waals surface area contributed by atoms with Crippen LogP contribution < -0.4 is 0 Å². The predicted octanol–water partition coefficient (Wildman–Crippen LogP) is 3.96. The molecule has 0 saturated carbocycles. The lowest BCUT2D eigenvalue weighted by Gasteiger charge is -2.34. The zero-order valence-corrected chi connectivity index (χ0v) is 17.8. The molecule has 0 N–H and O–H groups in total. The molecule has 0 radical (unpaired) electrons. The summed E-state index contributed by atoms with van der Waals surface area (Å²) in [6, 6.07) is 14.1. The molecule has 1 atom stereocenters. The van der Waals surface area contributed by atoms with Gasteiger partial charge in [-0.2, -0.15) is 5.10 Å². The van der Waals surface area contributed by atoms with Gasteiger partial charge in [0.05, 0.1) is 22.5 Å². The Bertz CT molecular complexity index is 1130. The summed E-state index contributed by atoms with van der Waals surface area (Å²) in [5.41, 5.74) is 3.36. The molecule has 2 amide bonds. The molecule has 2 aromatic heterocycles. The van der Waals surface area contributed by atoms with E-state index in [-0.39, 0.29) is 24.4 Å². The Morgan fingerprint density at radius 2 is 2.03 bits per heavy atom. The van der Waals surface area contributed by atoms with Crippen LogP contribution in [0.2, 0.25) is 0 Å². The number of aromatic nitrogens is 1. The van der Waals surface area contributed by atoms with E-state index >= 15 is 0 Å². The fraction of sp³-hybridized carbons (Fsp3) is 0.348. The number of carbonyl (C=O) groups is 2. The van der Waals surface area contributed by atoms with Crippen molar-refractivity contribution in [2.24, 2.45) is 5.10 Å². The largest absolute Gasteiger partial charge is 0.338 e. The highest BCUT2D eigenvalue weighted by Gasteiger charge is 2.31. The van der Waals surface area contributed by atoms with Crippen molar-refractivity contribution in [3.63, 3.8) is 0 Å². The number of benzene rings is 1.